The van der Waals surface area contributed by atoms with Gasteiger partial charge in [-0.1, -0.05) is 30.3 Å². The highest BCUT2D eigenvalue weighted by Crippen LogP contribution is 2.36. The van der Waals surface area contributed by atoms with Crippen molar-refractivity contribution in [2.24, 2.45) is 0 Å². The number of rotatable bonds is 4. The molecular weight excluding hydrogens is 366 g/mol. The van der Waals surface area contributed by atoms with Crippen LogP contribution in [0, 0.1) is 0 Å². The van der Waals surface area contributed by atoms with Crippen LogP contribution in [0.2, 0.25) is 0 Å². The molecule has 6 nitrogen and oxygen atoms in total. The van der Waals surface area contributed by atoms with E-state index in [1.165, 1.54) is 19.3 Å². The van der Waals surface area contributed by atoms with Gasteiger partial charge in [-0.25, -0.2) is 4.98 Å². The van der Waals surface area contributed by atoms with Crippen molar-refractivity contribution in [2.75, 3.05) is 31.1 Å². The number of carboxylic acids is 1. The van der Waals surface area contributed by atoms with E-state index in [-0.39, 0.29) is 5.91 Å². The first-order valence-electron chi connectivity index (χ1n) is 10.4. The van der Waals surface area contributed by atoms with E-state index in [0.717, 1.165) is 24.5 Å². The Bertz CT molecular complexity index is 853. The summed E-state index contributed by atoms with van der Waals surface area (Å²) < 4.78 is 0. The molecule has 3 heterocycles. The molecule has 29 heavy (non-hydrogen) atoms. The van der Waals surface area contributed by atoms with E-state index in [1.54, 1.807) is 11.1 Å². The second kappa shape index (κ2) is 8.23. The van der Waals surface area contributed by atoms with Crippen LogP contribution in [0.15, 0.2) is 48.7 Å². The Morgan fingerprint density at radius 3 is 2.17 bits per heavy atom. The largest absolute Gasteiger partial charge is 0.481 e. The second-order valence-electron chi connectivity index (χ2n) is 8.00. The molecule has 1 N–H and O–H groups in total. The number of anilines is 1. The van der Waals surface area contributed by atoms with Crippen molar-refractivity contribution >= 4 is 17.7 Å². The standard InChI is InChI=1S/C23H27N3O3/c27-21(18-9-10-20(24-17-18)25-13-5-2-6-14-25)26-15-11-23(12-16-26,22(28)29)19-7-3-1-4-8-19/h1,3-4,7-10,17H,2,5-6,11-16H2,(H,28,29). The summed E-state index contributed by atoms with van der Waals surface area (Å²) in [6.07, 6.45) is 6.12. The third-order valence-corrected chi connectivity index (χ3v) is 6.31. The fourth-order valence-corrected chi connectivity index (χ4v) is 4.48. The highest BCUT2D eigenvalue weighted by molar-refractivity contribution is 5.94. The van der Waals surface area contributed by atoms with Gasteiger partial charge < -0.3 is 14.9 Å². The van der Waals surface area contributed by atoms with E-state index in [2.05, 4.69) is 9.88 Å². The van der Waals surface area contributed by atoms with E-state index in [4.69, 9.17) is 0 Å². The topological polar surface area (TPSA) is 73.7 Å². The SMILES string of the molecule is O=C(c1ccc(N2CCCCC2)nc1)N1CCC(C(=O)O)(c2ccccc2)CC1. The van der Waals surface area contributed by atoms with Crippen LogP contribution in [-0.4, -0.2) is 53.0 Å². The van der Waals surface area contributed by atoms with E-state index in [9.17, 15) is 14.7 Å². The molecule has 4 rings (SSSR count). The zero-order chi connectivity index (χ0) is 20.3. The summed E-state index contributed by atoms with van der Waals surface area (Å²) in [6, 6.07) is 13.1. The molecule has 1 aromatic heterocycles. The minimum absolute atomic E-state index is 0.0743. The Hall–Kier alpha value is -2.89. The van der Waals surface area contributed by atoms with Crippen molar-refractivity contribution in [3.8, 4) is 0 Å². The summed E-state index contributed by atoms with van der Waals surface area (Å²) in [5.74, 6) is 0.0342. The maximum absolute atomic E-state index is 12.9. The number of carboxylic acid groups (broad SMARTS) is 1. The van der Waals surface area contributed by atoms with E-state index in [0.29, 0.717) is 31.5 Å². The number of likely N-dealkylation sites (tertiary alicyclic amines) is 1. The number of benzene rings is 1. The number of carbonyl (C=O) groups excluding carboxylic acids is 1. The third kappa shape index (κ3) is 3.84. The Morgan fingerprint density at radius 2 is 1.59 bits per heavy atom. The van der Waals surface area contributed by atoms with Gasteiger partial charge in [-0.15, -0.1) is 0 Å². The third-order valence-electron chi connectivity index (χ3n) is 6.31. The molecule has 0 bridgehead atoms. The average Bonchev–Trinajstić information content (AvgIpc) is 2.80. The molecule has 6 heteroatoms. The number of aliphatic carboxylic acids is 1. The lowest BCUT2D eigenvalue weighted by molar-refractivity contribution is -0.145. The molecule has 0 atom stereocenters. The quantitative estimate of drug-likeness (QED) is 0.863. The van der Waals surface area contributed by atoms with E-state index >= 15 is 0 Å². The molecular formula is C23H27N3O3. The van der Waals surface area contributed by atoms with Gasteiger partial charge in [0.25, 0.3) is 5.91 Å². The van der Waals surface area contributed by atoms with Crippen LogP contribution in [0.25, 0.3) is 0 Å². The summed E-state index contributed by atoms with van der Waals surface area (Å²) in [4.78, 5) is 33.5. The molecule has 0 spiro atoms. The molecule has 0 radical (unpaired) electrons. The van der Waals surface area contributed by atoms with Gasteiger partial charge in [0, 0.05) is 32.4 Å². The van der Waals surface area contributed by atoms with Crippen molar-refractivity contribution in [1.29, 1.82) is 0 Å². The molecule has 152 valence electrons. The number of amides is 1. The molecule has 0 aliphatic carbocycles. The van der Waals surface area contributed by atoms with Crippen molar-refractivity contribution in [2.45, 2.75) is 37.5 Å². The summed E-state index contributed by atoms with van der Waals surface area (Å²) in [6.45, 7) is 2.88. The number of nitrogens with zero attached hydrogens (tertiary/aromatic N) is 3. The molecule has 1 amide bonds. The molecule has 2 aliphatic heterocycles. The maximum Gasteiger partial charge on any atom is 0.314 e. The smallest absolute Gasteiger partial charge is 0.314 e. The van der Waals surface area contributed by atoms with Crippen molar-refractivity contribution in [3.63, 3.8) is 0 Å². The molecule has 2 saturated heterocycles. The molecule has 0 unspecified atom stereocenters. The molecule has 2 aromatic rings. The highest BCUT2D eigenvalue weighted by atomic mass is 16.4. The van der Waals surface area contributed by atoms with Crippen LogP contribution in [0.3, 0.4) is 0 Å². The van der Waals surface area contributed by atoms with Gasteiger partial charge in [-0.05, 0) is 49.8 Å². The monoisotopic (exact) mass is 393 g/mol. The summed E-state index contributed by atoms with van der Waals surface area (Å²) in [7, 11) is 0. The first kappa shape index (κ1) is 19.4. The Morgan fingerprint density at radius 1 is 0.897 bits per heavy atom. The fourth-order valence-electron chi connectivity index (χ4n) is 4.48. The number of aromatic nitrogens is 1. The van der Waals surface area contributed by atoms with E-state index in [1.807, 2.05) is 42.5 Å². The number of hydrogen-bond acceptors (Lipinski definition) is 4. The first-order valence-corrected chi connectivity index (χ1v) is 10.4. The van der Waals surface area contributed by atoms with Gasteiger partial charge >= 0.3 is 5.97 Å². The lowest BCUT2D eigenvalue weighted by Crippen LogP contribution is -2.49. The number of pyridine rings is 1. The summed E-state index contributed by atoms with van der Waals surface area (Å²) in [5, 5.41) is 9.92. The Kier molecular flexibility index (Phi) is 5.51. The van der Waals surface area contributed by atoms with Crippen molar-refractivity contribution in [1.82, 2.24) is 9.88 Å². The van der Waals surface area contributed by atoms with Crippen LogP contribution in [0.4, 0.5) is 5.82 Å². The lowest BCUT2D eigenvalue weighted by Gasteiger charge is -2.39. The fraction of sp³-hybridized carbons (Fsp3) is 0.435. The summed E-state index contributed by atoms with van der Waals surface area (Å²) in [5.41, 5.74) is 0.453. The Balaban J connectivity index is 1.44. The van der Waals surface area contributed by atoms with E-state index < -0.39 is 11.4 Å². The zero-order valence-corrected chi connectivity index (χ0v) is 16.6. The number of carbonyl (C=O) groups is 2. The zero-order valence-electron chi connectivity index (χ0n) is 16.6. The predicted molar refractivity (Wildman–Crippen MR) is 111 cm³/mol. The number of piperidine rings is 2. The number of hydrogen-bond donors (Lipinski definition) is 1. The predicted octanol–water partition coefficient (Wildman–Crippen LogP) is 3.33. The van der Waals surface area contributed by atoms with Crippen LogP contribution < -0.4 is 4.90 Å². The normalized spacial score (nSPS) is 19.0. The molecule has 1 aromatic carbocycles. The van der Waals surface area contributed by atoms with Crippen molar-refractivity contribution < 1.29 is 14.7 Å². The van der Waals surface area contributed by atoms with Crippen LogP contribution >= 0.6 is 0 Å². The van der Waals surface area contributed by atoms with Gasteiger partial charge in [0.2, 0.25) is 0 Å². The van der Waals surface area contributed by atoms with Gasteiger partial charge in [0.15, 0.2) is 0 Å². The van der Waals surface area contributed by atoms with Gasteiger partial charge in [-0.3, -0.25) is 9.59 Å². The van der Waals surface area contributed by atoms with Crippen LogP contribution in [-0.2, 0) is 10.2 Å². The Labute approximate surface area is 171 Å². The summed E-state index contributed by atoms with van der Waals surface area (Å²) >= 11 is 0. The molecule has 0 saturated carbocycles. The average molecular weight is 393 g/mol. The van der Waals surface area contributed by atoms with Gasteiger partial charge in [0.1, 0.15) is 5.82 Å². The highest BCUT2D eigenvalue weighted by Gasteiger charge is 2.43. The molecule has 2 aliphatic rings. The van der Waals surface area contributed by atoms with Crippen molar-refractivity contribution in [3.05, 3.63) is 59.8 Å². The first-order chi connectivity index (χ1) is 14.1. The maximum atomic E-state index is 12.9. The van der Waals surface area contributed by atoms with Gasteiger partial charge in [-0.2, -0.15) is 0 Å². The second-order valence-corrected chi connectivity index (χ2v) is 8.00. The minimum Gasteiger partial charge on any atom is -0.481 e. The minimum atomic E-state index is -0.922. The molecule has 2 fully saturated rings. The van der Waals surface area contributed by atoms with Gasteiger partial charge in [0.05, 0.1) is 11.0 Å². The van der Waals surface area contributed by atoms with Crippen LogP contribution in [0.5, 0.6) is 0 Å². The van der Waals surface area contributed by atoms with Crippen LogP contribution in [0.1, 0.15) is 48.0 Å². The lowest BCUT2D eigenvalue weighted by atomic mass is 9.73.